The molecule has 14 heavy (non-hydrogen) atoms. The monoisotopic (exact) mass is 195 g/mol. The van der Waals surface area contributed by atoms with Gasteiger partial charge in [-0.3, -0.25) is 0 Å². The van der Waals surface area contributed by atoms with Crippen LogP contribution in [0.3, 0.4) is 0 Å². The van der Waals surface area contributed by atoms with Crippen LogP contribution in [-0.4, -0.2) is 29.2 Å². The first-order chi connectivity index (χ1) is 6.72. The highest BCUT2D eigenvalue weighted by Crippen LogP contribution is 2.48. The van der Waals surface area contributed by atoms with Gasteiger partial charge >= 0.3 is 6.09 Å². The minimum atomic E-state index is -0.764. The molecule has 3 heteroatoms. The van der Waals surface area contributed by atoms with E-state index in [2.05, 4.69) is 6.58 Å². The molecule has 0 radical (unpaired) electrons. The van der Waals surface area contributed by atoms with Crippen LogP contribution in [0.4, 0.5) is 4.79 Å². The van der Waals surface area contributed by atoms with Gasteiger partial charge in [-0.25, -0.2) is 4.79 Å². The molecule has 0 aromatic heterocycles. The van der Waals surface area contributed by atoms with Crippen molar-refractivity contribution < 1.29 is 9.90 Å². The summed E-state index contributed by atoms with van der Waals surface area (Å²) >= 11 is 0. The van der Waals surface area contributed by atoms with Gasteiger partial charge in [-0.05, 0) is 37.0 Å². The van der Waals surface area contributed by atoms with Crippen molar-refractivity contribution in [1.82, 2.24) is 4.90 Å². The van der Waals surface area contributed by atoms with Crippen LogP contribution in [0.25, 0.3) is 0 Å². The van der Waals surface area contributed by atoms with Crippen molar-refractivity contribution in [2.75, 3.05) is 13.1 Å². The largest absolute Gasteiger partial charge is 0.465 e. The molecule has 1 saturated heterocycles. The summed E-state index contributed by atoms with van der Waals surface area (Å²) in [4.78, 5) is 12.2. The molecule has 0 bridgehead atoms. The zero-order valence-electron chi connectivity index (χ0n) is 8.35. The first-order valence-corrected chi connectivity index (χ1v) is 5.33. The van der Waals surface area contributed by atoms with Crippen LogP contribution < -0.4 is 0 Å². The summed E-state index contributed by atoms with van der Waals surface area (Å²) < 4.78 is 0. The molecule has 2 unspecified atom stereocenters. The van der Waals surface area contributed by atoms with Crippen LogP contribution in [0.1, 0.15) is 19.3 Å². The van der Waals surface area contributed by atoms with Gasteiger partial charge in [-0.2, -0.15) is 0 Å². The third-order valence-corrected chi connectivity index (χ3v) is 3.61. The number of rotatable bonds is 2. The van der Waals surface area contributed by atoms with Crippen molar-refractivity contribution in [3.8, 4) is 0 Å². The van der Waals surface area contributed by atoms with E-state index in [0.29, 0.717) is 0 Å². The van der Waals surface area contributed by atoms with E-state index in [-0.39, 0.29) is 0 Å². The van der Waals surface area contributed by atoms with E-state index in [1.165, 1.54) is 11.3 Å². The van der Waals surface area contributed by atoms with E-state index in [1.54, 1.807) is 0 Å². The lowest BCUT2D eigenvalue weighted by molar-refractivity contribution is 0.120. The highest BCUT2D eigenvalue weighted by Gasteiger charge is 2.41. The molecule has 0 spiro atoms. The Morgan fingerprint density at radius 3 is 2.50 bits per heavy atom. The van der Waals surface area contributed by atoms with Gasteiger partial charge < -0.3 is 10.0 Å². The quantitative estimate of drug-likeness (QED) is 0.686. The number of allylic oxidation sites excluding steroid dienone is 1. The SMILES string of the molecule is C=CC1CC1C1CCN(C(=O)O)CC1. The number of piperidine rings is 1. The normalized spacial score (nSPS) is 32.7. The zero-order valence-corrected chi connectivity index (χ0v) is 8.35. The van der Waals surface area contributed by atoms with Gasteiger partial charge in [0, 0.05) is 13.1 Å². The fourth-order valence-corrected chi connectivity index (χ4v) is 2.57. The van der Waals surface area contributed by atoms with Crippen LogP contribution in [0.2, 0.25) is 0 Å². The second-order valence-corrected chi connectivity index (χ2v) is 4.41. The average molecular weight is 195 g/mol. The van der Waals surface area contributed by atoms with Crippen LogP contribution in [0.15, 0.2) is 12.7 Å². The van der Waals surface area contributed by atoms with E-state index in [4.69, 9.17) is 5.11 Å². The van der Waals surface area contributed by atoms with Crippen molar-refractivity contribution in [3.63, 3.8) is 0 Å². The highest BCUT2D eigenvalue weighted by atomic mass is 16.4. The first kappa shape index (κ1) is 9.56. The smallest absolute Gasteiger partial charge is 0.407 e. The van der Waals surface area contributed by atoms with Crippen molar-refractivity contribution in [2.45, 2.75) is 19.3 Å². The summed E-state index contributed by atoms with van der Waals surface area (Å²) in [6, 6.07) is 0. The van der Waals surface area contributed by atoms with E-state index in [1.807, 2.05) is 6.08 Å². The Labute approximate surface area is 84.4 Å². The molecule has 1 heterocycles. The van der Waals surface area contributed by atoms with Crippen LogP contribution in [0.5, 0.6) is 0 Å². The summed E-state index contributed by atoms with van der Waals surface area (Å²) in [6.07, 6.45) is 4.65. The number of nitrogens with zero attached hydrogens (tertiary/aromatic N) is 1. The molecule has 3 nitrogen and oxygen atoms in total. The molecule has 1 aliphatic heterocycles. The summed E-state index contributed by atoms with van der Waals surface area (Å²) in [5.41, 5.74) is 0. The number of likely N-dealkylation sites (tertiary alicyclic amines) is 1. The van der Waals surface area contributed by atoms with Crippen molar-refractivity contribution >= 4 is 6.09 Å². The van der Waals surface area contributed by atoms with Gasteiger partial charge in [0.15, 0.2) is 0 Å². The van der Waals surface area contributed by atoms with Crippen molar-refractivity contribution in [3.05, 3.63) is 12.7 Å². The molecule has 78 valence electrons. The summed E-state index contributed by atoms with van der Waals surface area (Å²) in [5.74, 6) is 2.27. The van der Waals surface area contributed by atoms with Crippen LogP contribution >= 0.6 is 0 Å². The van der Waals surface area contributed by atoms with Crippen LogP contribution in [-0.2, 0) is 0 Å². The Morgan fingerprint density at radius 1 is 1.43 bits per heavy atom. The fraction of sp³-hybridized carbons (Fsp3) is 0.727. The minimum Gasteiger partial charge on any atom is -0.465 e. The number of hydrogen-bond donors (Lipinski definition) is 1. The topological polar surface area (TPSA) is 40.5 Å². The Morgan fingerprint density at radius 2 is 2.07 bits per heavy atom. The standard InChI is InChI=1S/C11H17NO2/c1-2-8-7-10(8)9-3-5-12(6-4-9)11(13)14/h2,8-10H,1,3-7H2,(H,13,14). The maximum absolute atomic E-state index is 10.7. The van der Waals surface area contributed by atoms with Gasteiger partial charge in [0.25, 0.3) is 0 Å². The summed E-state index contributed by atoms with van der Waals surface area (Å²) in [7, 11) is 0. The second kappa shape index (κ2) is 3.64. The Kier molecular flexibility index (Phi) is 2.48. The van der Waals surface area contributed by atoms with Gasteiger partial charge in [0.05, 0.1) is 0 Å². The van der Waals surface area contributed by atoms with Gasteiger partial charge in [-0.1, -0.05) is 6.08 Å². The molecule has 1 amide bonds. The Balaban J connectivity index is 1.79. The number of carboxylic acid groups (broad SMARTS) is 1. The molecule has 2 aliphatic rings. The van der Waals surface area contributed by atoms with Gasteiger partial charge in [0.2, 0.25) is 0 Å². The molecule has 2 atom stereocenters. The molecule has 1 aliphatic carbocycles. The molecular formula is C11H17NO2. The Bertz CT molecular complexity index is 244. The van der Waals surface area contributed by atoms with E-state index in [9.17, 15) is 4.79 Å². The maximum Gasteiger partial charge on any atom is 0.407 e. The fourth-order valence-electron chi connectivity index (χ4n) is 2.57. The second-order valence-electron chi connectivity index (χ2n) is 4.41. The molecule has 2 fully saturated rings. The van der Waals surface area contributed by atoms with Gasteiger partial charge in [-0.15, -0.1) is 6.58 Å². The van der Waals surface area contributed by atoms with E-state index < -0.39 is 6.09 Å². The summed E-state index contributed by atoms with van der Waals surface area (Å²) in [6.45, 7) is 5.25. The Hall–Kier alpha value is -0.990. The third kappa shape index (κ3) is 1.76. The number of carbonyl (C=O) groups is 1. The lowest BCUT2D eigenvalue weighted by atomic mass is 9.91. The molecule has 0 aromatic rings. The highest BCUT2D eigenvalue weighted by molar-refractivity contribution is 5.64. The molecule has 0 aromatic carbocycles. The zero-order chi connectivity index (χ0) is 10.1. The molecule has 1 N–H and O–H groups in total. The third-order valence-electron chi connectivity index (χ3n) is 3.61. The summed E-state index contributed by atoms with van der Waals surface area (Å²) in [5, 5.41) is 8.79. The number of hydrogen-bond acceptors (Lipinski definition) is 1. The lowest BCUT2D eigenvalue weighted by Gasteiger charge is -2.30. The van der Waals surface area contributed by atoms with E-state index >= 15 is 0 Å². The number of amides is 1. The molecule has 2 rings (SSSR count). The maximum atomic E-state index is 10.7. The molecule has 1 saturated carbocycles. The van der Waals surface area contributed by atoms with Crippen molar-refractivity contribution in [2.24, 2.45) is 17.8 Å². The average Bonchev–Trinajstić information content (AvgIpc) is 2.97. The first-order valence-electron chi connectivity index (χ1n) is 5.33. The lowest BCUT2D eigenvalue weighted by Crippen LogP contribution is -2.38. The minimum absolute atomic E-state index is 0.719. The van der Waals surface area contributed by atoms with E-state index in [0.717, 1.165) is 43.7 Å². The molecular weight excluding hydrogens is 178 g/mol. The van der Waals surface area contributed by atoms with Gasteiger partial charge in [0.1, 0.15) is 0 Å². The predicted molar refractivity (Wildman–Crippen MR) is 54.1 cm³/mol. The van der Waals surface area contributed by atoms with Crippen molar-refractivity contribution in [1.29, 1.82) is 0 Å². The predicted octanol–water partition coefficient (Wildman–Crippen LogP) is 2.20. The van der Waals surface area contributed by atoms with Crippen LogP contribution in [0, 0.1) is 17.8 Å².